The van der Waals surface area contributed by atoms with E-state index in [-0.39, 0.29) is 0 Å². The van der Waals surface area contributed by atoms with Gasteiger partial charge in [0.1, 0.15) is 0 Å². The van der Waals surface area contributed by atoms with Gasteiger partial charge in [0.15, 0.2) is 0 Å². The number of hydrogen-bond donors (Lipinski definition) is 0. The average Bonchev–Trinajstić information content (AvgIpc) is 2.43. The molecule has 22 heavy (non-hydrogen) atoms. The Labute approximate surface area is 139 Å². The molecule has 0 fully saturated rings. The molecule has 1 aliphatic rings. The van der Waals surface area contributed by atoms with Gasteiger partial charge in [0, 0.05) is 0 Å². The zero-order valence-electron chi connectivity index (χ0n) is 15.6. The predicted octanol–water partition coefficient (Wildman–Crippen LogP) is 7.05. The Bertz CT molecular complexity index is 373. The Kier molecular flexibility index (Phi) is 8.21. The molecule has 5 atom stereocenters. The molecule has 0 heteroatoms. The lowest BCUT2D eigenvalue weighted by atomic mass is 9.63. The van der Waals surface area contributed by atoms with Crippen LogP contribution in [-0.2, 0) is 0 Å². The van der Waals surface area contributed by atoms with Gasteiger partial charge in [-0.1, -0.05) is 51.5 Å². The molecule has 0 aliphatic heterocycles. The van der Waals surface area contributed by atoms with Crippen LogP contribution in [0.2, 0.25) is 0 Å². The molecule has 0 aromatic rings. The van der Waals surface area contributed by atoms with Crippen LogP contribution in [0.4, 0.5) is 0 Å². The largest absolute Gasteiger partial charge is 0.103 e. The molecule has 0 heterocycles. The molecule has 1 unspecified atom stereocenters. The zero-order chi connectivity index (χ0) is 16.7. The fourth-order valence-electron chi connectivity index (χ4n) is 4.41. The summed E-state index contributed by atoms with van der Waals surface area (Å²) >= 11 is 0. The van der Waals surface area contributed by atoms with E-state index in [2.05, 4.69) is 66.0 Å². The van der Waals surface area contributed by atoms with Gasteiger partial charge in [-0.05, 0) is 74.5 Å². The summed E-state index contributed by atoms with van der Waals surface area (Å²) in [4.78, 5) is 0. The molecule has 0 spiro atoms. The molecule has 1 aliphatic carbocycles. The van der Waals surface area contributed by atoms with Gasteiger partial charge in [-0.25, -0.2) is 0 Å². The van der Waals surface area contributed by atoms with Gasteiger partial charge < -0.3 is 0 Å². The Morgan fingerprint density at radius 2 is 1.59 bits per heavy atom. The first-order valence-electron chi connectivity index (χ1n) is 9.29. The van der Waals surface area contributed by atoms with E-state index in [1.807, 2.05) is 0 Å². The minimum Gasteiger partial charge on any atom is -0.103 e. The van der Waals surface area contributed by atoms with E-state index in [0.717, 1.165) is 48.3 Å². The first-order valence-corrected chi connectivity index (χ1v) is 9.29. The topological polar surface area (TPSA) is 0 Å². The monoisotopic (exact) mass is 302 g/mol. The molecule has 126 valence electrons. The van der Waals surface area contributed by atoms with Crippen LogP contribution in [0.3, 0.4) is 0 Å². The van der Waals surface area contributed by atoms with Gasteiger partial charge in [-0.3, -0.25) is 0 Å². The summed E-state index contributed by atoms with van der Waals surface area (Å²) in [5.41, 5.74) is 1.64. The standard InChI is InChI=1S/C22H38/c1-8-10-17(5)14-21-19(7)12-13-20(16(3)4)22(21)15-18(6)11-9-2/h8-9,12,16-18,20-22H,1-2,10-11,13-15H2,3-7H3/t17?,18-,20-,21+,22-/m1/s1. The van der Waals surface area contributed by atoms with E-state index in [1.165, 1.54) is 19.3 Å². The van der Waals surface area contributed by atoms with Crippen LogP contribution >= 0.6 is 0 Å². The number of rotatable bonds is 9. The third-order valence-corrected chi connectivity index (χ3v) is 5.69. The van der Waals surface area contributed by atoms with Crippen LogP contribution in [0, 0.1) is 35.5 Å². The highest BCUT2D eigenvalue weighted by Gasteiger charge is 2.35. The van der Waals surface area contributed by atoms with Gasteiger partial charge in [0.25, 0.3) is 0 Å². The molecule has 0 amide bonds. The van der Waals surface area contributed by atoms with Crippen molar-refractivity contribution in [2.24, 2.45) is 35.5 Å². The van der Waals surface area contributed by atoms with Crippen molar-refractivity contribution in [1.29, 1.82) is 0 Å². The van der Waals surface area contributed by atoms with Crippen molar-refractivity contribution in [1.82, 2.24) is 0 Å². The van der Waals surface area contributed by atoms with Crippen LogP contribution in [-0.4, -0.2) is 0 Å². The molecule has 0 nitrogen and oxygen atoms in total. The lowest BCUT2D eigenvalue weighted by molar-refractivity contribution is 0.137. The second kappa shape index (κ2) is 9.38. The van der Waals surface area contributed by atoms with E-state index < -0.39 is 0 Å². The molecule has 0 saturated heterocycles. The summed E-state index contributed by atoms with van der Waals surface area (Å²) in [5, 5.41) is 0. The van der Waals surface area contributed by atoms with E-state index in [1.54, 1.807) is 5.57 Å². The molecule has 0 aromatic carbocycles. The summed E-state index contributed by atoms with van der Waals surface area (Å²) in [6, 6.07) is 0. The van der Waals surface area contributed by atoms with Gasteiger partial charge in [0.2, 0.25) is 0 Å². The first kappa shape index (κ1) is 19.3. The predicted molar refractivity (Wildman–Crippen MR) is 101 cm³/mol. The van der Waals surface area contributed by atoms with Crippen LogP contribution in [0.15, 0.2) is 37.0 Å². The van der Waals surface area contributed by atoms with E-state index in [9.17, 15) is 0 Å². The number of hydrogen-bond acceptors (Lipinski definition) is 0. The maximum absolute atomic E-state index is 3.93. The van der Waals surface area contributed by atoms with Crippen molar-refractivity contribution >= 4 is 0 Å². The third kappa shape index (κ3) is 5.45. The highest BCUT2D eigenvalue weighted by molar-refractivity contribution is 5.12. The summed E-state index contributed by atoms with van der Waals surface area (Å²) in [6.07, 6.45) is 13.0. The third-order valence-electron chi connectivity index (χ3n) is 5.69. The van der Waals surface area contributed by atoms with Gasteiger partial charge >= 0.3 is 0 Å². The Balaban J connectivity index is 2.93. The highest BCUT2D eigenvalue weighted by Crippen LogP contribution is 2.45. The highest BCUT2D eigenvalue weighted by atomic mass is 14.4. The molecule has 0 radical (unpaired) electrons. The van der Waals surface area contributed by atoms with Crippen LogP contribution in [0.1, 0.15) is 66.7 Å². The summed E-state index contributed by atoms with van der Waals surface area (Å²) in [6.45, 7) is 19.8. The maximum atomic E-state index is 3.93. The quantitative estimate of drug-likeness (QED) is 0.400. The van der Waals surface area contributed by atoms with Crippen LogP contribution in [0.5, 0.6) is 0 Å². The van der Waals surface area contributed by atoms with E-state index >= 15 is 0 Å². The lowest BCUT2D eigenvalue weighted by Gasteiger charge is -2.42. The van der Waals surface area contributed by atoms with Gasteiger partial charge in [0.05, 0.1) is 0 Å². The second-order valence-electron chi connectivity index (χ2n) is 8.09. The van der Waals surface area contributed by atoms with Crippen molar-refractivity contribution < 1.29 is 0 Å². The second-order valence-corrected chi connectivity index (χ2v) is 8.09. The molecule has 0 saturated carbocycles. The van der Waals surface area contributed by atoms with Crippen molar-refractivity contribution in [3.8, 4) is 0 Å². The van der Waals surface area contributed by atoms with E-state index in [0.29, 0.717) is 0 Å². The Morgan fingerprint density at radius 1 is 1.05 bits per heavy atom. The molecule has 0 bridgehead atoms. The minimum atomic E-state index is 0.744. The first-order chi connectivity index (χ1) is 10.4. The van der Waals surface area contributed by atoms with Crippen molar-refractivity contribution in [3.63, 3.8) is 0 Å². The normalized spacial score (nSPS) is 28.1. The summed E-state index contributed by atoms with van der Waals surface area (Å²) in [5.74, 6) is 4.73. The van der Waals surface area contributed by atoms with Crippen LogP contribution < -0.4 is 0 Å². The molecule has 0 aromatic heterocycles. The van der Waals surface area contributed by atoms with Gasteiger partial charge in [-0.15, -0.1) is 13.2 Å². The Morgan fingerprint density at radius 3 is 2.09 bits per heavy atom. The zero-order valence-corrected chi connectivity index (χ0v) is 15.6. The SMILES string of the molecule is C=CCC(C)C[C@H]1C(C)=CC[C@H](C(C)C)[C@H]1C[C@H](C)CC=C. The fourth-order valence-corrected chi connectivity index (χ4v) is 4.41. The lowest BCUT2D eigenvalue weighted by Crippen LogP contribution is -2.33. The average molecular weight is 303 g/mol. The van der Waals surface area contributed by atoms with Gasteiger partial charge in [-0.2, -0.15) is 0 Å². The van der Waals surface area contributed by atoms with Crippen molar-refractivity contribution in [3.05, 3.63) is 37.0 Å². The Hall–Kier alpha value is -0.780. The maximum Gasteiger partial charge on any atom is -0.0172 e. The van der Waals surface area contributed by atoms with Crippen molar-refractivity contribution in [2.45, 2.75) is 66.7 Å². The van der Waals surface area contributed by atoms with Crippen LogP contribution in [0.25, 0.3) is 0 Å². The smallest absolute Gasteiger partial charge is 0.0172 e. The molecule has 1 rings (SSSR count). The fraction of sp³-hybridized carbons (Fsp3) is 0.727. The molecular formula is C22H38. The number of allylic oxidation sites excluding steroid dienone is 4. The summed E-state index contributed by atoms with van der Waals surface area (Å²) in [7, 11) is 0. The van der Waals surface area contributed by atoms with E-state index in [4.69, 9.17) is 0 Å². The molecular weight excluding hydrogens is 264 g/mol. The summed E-state index contributed by atoms with van der Waals surface area (Å²) < 4.78 is 0. The van der Waals surface area contributed by atoms with Crippen molar-refractivity contribution in [2.75, 3.05) is 0 Å². The minimum absolute atomic E-state index is 0.744. The molecule has 0 N–H and O–H groups in total.